The van der Waals surface area contributed by atoms with Gasteiger partial charge in [0.2, 0.25) is 10.0 Å². The lowest BCUT2D eigenvalue weighted by Gasteiger charge is -2.13. The molecule has 0 aliphatic heterocycles. The first-order chi connectivity index (χ1) is 8.90. The molecule has 0 bridgehead atoms. The standard InChI is InChI=1S/C11H14N4O3S/c1-8(11-13-12-7-15(11)2)14-19(17,18)10-5-3-4-9(16)6-10/h3-8,14,16H,1-2H3. The highest BCUT2D eigenvalue weighted by Crippen LogP contribution is 2.18. The third-order valence-electron chi connectivity index (χ3n) is 2.59. The van der Waals surface area contributed by atoms with Gasteiger partial charge in [-0.15, -0.1) is 10.2 Å². The molecule has 102 valence electrons. The quantitative estimate of drug-likeness (QED) is 0.854. The lowest BCUT2D eigenvalue weighted by Crippen LogP contribution is -2.28. The molecule has 1 atom stereocenters. The van der Waals surface area contributed by atoms with Crippen LogP contribution in [0, 0.1) is 0 Å². The number of phenolic OH excluding ortho intramolecular Hbond substituents is 1. The molecule has 0 radical (unpaired) electrons. The molecule has 2 rings (SSSR count). The average molecular weight is 282 g/mol. The summed E-state index contributed by atoms with van der Waals surface area (Å²) in [7, 11) is -1.99. The number of hydrogen-bond donors (Lipinski definition) is 2. The molecule has 2 N–H and O–H groups in total. The molecule has 1 aromatic carbocycles. The molecule has 0 aliphatic carbocycles. The van der Waals surface area contributed by atoms with Crippen molar-refractivity contribution in [1.29, 1.82) is 0 Å². The fourth-order valence-electron chi connectivity index (χ4n) is 1.69. The van der Waals surface area contributed by atoms with Crippen molar-refractivity contribution >= 4 is 10.0 Å². The molecule has 8 heteroatoms. The monoisotopic (exact) mass is 282 g/mol. The molecular formula is C11H14N4O3S. The van der Waals surface area contributed by atoms with E-state index in [2.05, 4.69) is 14.9 Å². The Balaban J connectivity index is 2.25. The molecule has 0 amide bonds. The minimum Gasteiger partial charge on any atom is -0.508 e. The highest BCUT2D eigenvalue weighted by Gasteiger charge is 2.21. The first-order valence-corrected chi connectivity index (χ1v) is 7.04. The number of aryl methyl sites for hydroxylation is 1. The Kier molecular flexibility index (Phi) is 3.54. The molecule has 0 spiro atoms. The normalized spacial score (nSPS) is 13.4. The van der Waals surface area contributed by atoms with E-state index >= 15 is 0 Å². The third kappa shape index (κ3) is 2.91. The number of sulfonamides is 1. The Morgan fingerprint density at radius 3 is 2.74 bits per heavy atom. The maximum Gasteiger partial charge on any atom is 0.241 e. The van der Waals surface area contributed by atoms with Crippen LogP contribution in [0.5, 0.6) is 5.75 Å². The topological polar surface area (TPSA) is 97.1 Å². The van der Waals surface area contributed by atoms with Crippen molar-refractivity contribution in [3.05, 3.63) is 36.4 Å². The van der Waals surface area contributed by atoms with E-state index in [1.54, 1.807) is 18.5 Å². The minimum absolute atomic E-state index is 0.00141. The molecule has 0 saturated carbocycles. The molecule has 0 saturated heterocycles. The summed E-state index contributed by atoms with van der Waals surface area (Å²) in [6, 6.07) is 4.94. The van der Waals surface area contributed by atoms with E-state index in [1.165, 1.54) is 30.6 Å². The number of phenols is 1. The SMILES string of the molecule is CC(NS(=O)(=O)c1cccc(O)c1)c1nncn1C. The van der Waals surface area contributed by atoms with Crippen molar-refractivity contribution in [1.82, 2.24) is 19.5 Å². The van der Waals surface area contributed by atoms with E-state index in [0.29, 0.717) is 5.82 Å². The van der Waals surface area contributed by atoms with Gasteiger partial charge in [0.05, 0.1) is 10.9 Å². The smallest absolute Gasteiger partial charge is 0.241 e. The zero-order chi connectivity index (χ0) is 14.0. The minimum atomic E-state index is -3.72. The van der Waals surface area contributed by atoms with Gasteiger partial charge in [-0.1, -0.05) is 6.07 Å². The van der Waals surface area contributed by atoms with Crippen LogP contribution in [0.15, 0.2) is 35.5 Å². The Hall–Kier alpha value is -1.93. The van der Waals surface area contributed by atoms with Gasteiger partial charge < -0.3 is 9.67 Å². The van der Waals surface area contributed by atoms with Gasteiger partial charge in [0.1, 0.15) is 17.9 Å². The van der Waals surface area contributed by atoms with Crippen molar-refractivity contribution < 1.29 is 13.5 Å². The van der Waals surface area contributed by atoms with E-state index < -0.39 is 16.1 Å². The summed E-state index contributed by atoms with van der Waals surface area (Å²) >= 11 is 0. The Morgan fingerprint density at radius 1 is 1.42 bits per heavy atom. The molecule has 7 nitrogen and oxygen atoms in total. The van der Waals surface area contributed by atoms with Crippen molar-refractivity contribution in [2.75, 3.05) is 0 Å². The average Bonchev–Trinajstić information content (AvgIpc) is 2.75. The second-order valence-corrected chi connectivity index (χ2v) is 5.85. The van der Waals surface area contributed by atoms with Crippen molar-refractivity contribution in [2.45, 2.75) is 17.9 Å². The van der Waals surface area contributed by atoms with Gasteiger partial charge in [-0.3, -0.25) is 0 Å². The summed E-state index contributed by atoms with van der Waals surface area (Å²) in [5.74, 6) is 0.401. The van der Waals surface area contributed by atoms with Crippen LogP contribution in [0.4, 0.5) is 0 Å². The van der Waals surface area contributed by atoms with E-state index in [-0.39, 0.29) is 10.6 Å². The number of aromatic hydroxyl groups is 1. The van der Waals surface area contributed by atoms with Crippen LogP contribution in [-0.4, -0.2) is 28.3 Å². The summed E-state index contributed by atoms with van der Waals surface area (Å²) in [6.45, 7) is 1.67. The summed E-state index contributed by atoms with van der Waals surface area (Å²) in [5.41, 5.74) is 0. The second kappa shape index (κ2) is 4.98. The number of aromatic nitrogens is 3. The van der Waals surface area contributed by atoms with Crippen LogP contribution in [0.1, 0.15) is 18.8 Å². The van der Waals surface area contributed by atoms with Crippen molar-refractivity contribution in [2.24, 2.45) is 7.05 Å². The van der Waals surface area contributed by atoms with Gasteiger partial charge in [-0.2, -0.15) is 0 Å². The second-order valence-electron chi connectivity index (χ2n) is 4.14. The van der Waals surface area contributed by atoms with E-state index in [4.69, 9.17) is 0 Å². The van der Waals surface area contributed by atoms with E-state index in [0.717, 1.165) is 0 Å². The number of nitrogens with zero attached hydrogens (tertiary/aromatic N) is 3. The zero-order valence-corrected chi connectivity index (χ0v) is 11.3. The van der Waals surface area contributed by atoms with Crippen LogP contribution in [0.25, 0.3) is 0 Å². The first-order valence-electron chi connectivity index (χ1n) is 5.55. The molecule has 19 heavy (non-hydrogen) atoms. The van der Waals surface area contributed by atoms with Crippen LogP contribution in [0.3, 0.4) is 0 Å². The van der Waals surface area contributed by atoms with Crippen molar-refractivity contribution in [3.63, 3.8) is 0 Å². The zero-order valence-electron chi connectivity index (χ0n) is 10.5. The maximum atomic E-state index is 12.1. The van der Waals surface area contributed by atoms with Gasteiger partial charge in [-0.05, 0) is 25.1 Å². The lowest BCUT2D eigenvalue weighted by molar-refractivity contribution is 0.472. The summed E-state index contributed by atoms with van der Waals surface area (Å²) < 4.78 is 28.4. The highest BCUT2D eigenvalue weighted by atomic mass is 32.2. The highest BCUT2D eigenvalue weighted by molar-refractivity contribution is 7.89. The predicted molar refractivity (Wildman–Crippen MR) is 67.8 cm³/mol. The van der Waals surface area contributed by atoms with Gasteiger partial charge in [0.15, 0.2) is 0 Å². The molecule has 1 heterocycles. The Morgan fingerprint density at radius 2 is 2.16 bits per heavy atom. The first kappa shape index (κ1) is 13.5. The van der Waals surface area contributed by atoms with Crippen LogP contribution < -0.4 is 4.72 Å². The van der Waals surface area contributed by atoms with Crippen molar-refractivity contribution in [3.8, 4) is 5.75 Å². The number of benzene rings is 1. The number of hydrogen-bond acceptors (Lipinski definition) is 5. The summed E-state index contributed by atoms with van der Waals surface area (Å²) in [4.78, 5) is 0.00141. The fourth-order valence-corrected chi connectivity index (χ4v) is 2.93. The van der Waals surface area contributed by atoms with Gasteiger partial charge in [0, 0.05) is 7.05 Å². The Labute approximate surface area is 111 Å². The molecule has 2 aromatic rings. The van der Waals surface area contributed by atoms with Gasteiger partial charge >= 0.3 is 0 Å². The van der Waals surface area contributed by atoms with Gasteiger partial charge in [0.25, 0.3) is 0 Å². The molecule has 0 fully saturated rings. The molecule has 1 unspecified atom stereocenters. The molecule has 0 aliphatic rings. The number of rotatable bonds is 4. The fraction of sp³-hybridized carbons (Fsp3) is 0.273. The molecular weight excluding hydrogens is 268 g/mol. The number of nitrogens with one attached hydrogen (secondary N) is 1. The third-order valence-corrected chi connectivity index (χ3v) is 4.13. The summed E-state index contributed by atoms with van der Waals surface area (Å²) in [6.07, 6.45) is 1.49. The van der Waals surface area contributed by atoms with Crippen LogP contribution in [0.2, 0.25) is 0 Å². The molecule has 1 aromatic heterocycles. The van der Waals surface area contributed by atoms with E-state index in [9.17, 15) is 13.5 Å². The lowest BCUT2D eigenvalue weighted by atomic mass is 10.3. The maximum absolute atomic E-state index is 12.1. The predicted octanol–water partition coefficient (Wildman–Crippen LogP) is 0.560. The summed E-state index contributed by atoms with van der Waals surface area (Å²) in [5, 5.41) is 16.9. The van der Waals surface area contributed by atoms with Crippen LogP contribution >= 0.6 is 0 Å². The van der Waals surface area contributed by atoms with Gasteiger partial charge in [-0.25, -0.2) is 13.1 Å². The van der Waals surface area contributed by atoms with Crippen LogP contribution in [-0.2, 0) is 17.1 Å². The largest absolute Gasteiger partial charge is 0.508 e. The Bertz CT molecular complexity index is 681. The van der Waals surface area contributed by atoms with E-state index in [1.807, 2.05) is 0 Å².